The average Bonchev–Trinajstić information content (AvgIpc) is 2.73. The molecule has 5 heteroatoms. The van der Waals surface area contributed by atoms with E-state index in [0.29, 0.717) is 6.04 Å². The molecule has 0 saturated carbocycles. The molecule has 0 N–H and O–H groups in total. The third-order valence-electron chi connectivity index (χ3n) is 2.45. The van der Waals surface area contributed by atoms with E-state index in [0.717, 1.165) is 23.2 Å². The van der Waals surface area contributed by atoms with Crippen LogP contribution in [-0.4, -0.2) is 27.9 Å². The van der Waals surface area contributed by atoms with Crippen LogP contribution in [0.25, 0.3) is 10.2 Å². The van der Waals surface area contributed by atoms with E-state index in [4.69, 9.17) is 0 Å². The van der Waals surface area contributed by atoms with Gasteiger partial charge in [0.15, 0.2) is 0 Å². The summed E-state index contributed by atoms with van der Waals surface area (Å²) in [6, 6.07) is 2.48. The van der Waals surface area contributed by atoms with Crippen molar-refractivity contribution in [3.63, 3.8) is 0 Å². The molecule has 16 heavy (non-hydrogen) atoms. The molecule has 2 aromatic rings. The van der Waals surface area contributed by atoms with Crippen LogP contribution in [0.1, 0.15) is 13.8 Å². The Morgan fingerprint density at radius 2 is 2.25 bits per heavy atom. The van der Waals surface area contributed by atoms with Crippen LogP contribution >= 0.6 is 27.3 Å². The summed E-state index contributed by atoms with van der Waals surface area (Å²) in [5.74, 6) is 1.05. The van der Waals surface area contributed by atoms with Crippen LogP contribution in [0.5, 0.6) is 0 Å². The highest BCUT2D eigenvalue weighted by Gasteiger charge is 2.15. The lowest BCUT2D eigenvalue weighted by Gasteiger charge is -2.27. The highest BCUT2D eigenvalue weighted by atomic mass is 79.9. The molecule has 3 nitrogen and oxygen atoms in total. The minimum absolute atomic E-state index is 0.442. The standard InChI is InChI=1S/C11H14BrN3S/c1-8(2)15(5-4-12)11-10-9(3-6-16-10)13-7-14-11/h3,6-8H,4-5H2,1-2H3. The number of aromatic nitrogens is 2. The Balaban J connectivity index is 2.47. The van der Waals surface area contributed by atoms with Crippen LogP contribution < -0.4 is 4.90 Å². The molecule has 0 aromatic carbocycles. The van der Waals surface area contributed by atoms with Gasteiger partial charge in [0.2, 0.25) is 0 Å². The molecule has 0 aliphatic heterocycles. The molecule has 0 amide bonds. The molecule has 2 aromatic heterocycles. The zero-order chi connectivity index (χ0) is 11.5. The van der Waals surface area contributed by atoms with Gasteiger partial charge in [0.05, 0.1) is 10.2 Å². The summed E-state index contributed by atoms with van der Waals surface area (Å²) in [7, 11) is 0. The predicted molar refractivity (Wildman–Crippen MR) is 73.7 cm³/mol. The minimum Gasteiger partial charge on any atom is -0.352 e. The summed E-state index contributed by atoms with van der Waals surface area (Å²) in [4.78, 5) is 11.0. The Morgan fingerprint density at radius 3 is 2.94 bits per heavy atom. The fraction of sp³-hybridized carbons (Fsp3) is 0.455. The molecule has 0 saturated heterocycles. The van der Waals surface area contributed by atoms with E-state index in [9.17, 15) is 0 Å². The molecule has 0 fully saturated rings. The van der Waals surface area contributed by atoms with Crippen molar-refractivity contribution in [2.24, 2.45) is 0 Å². The first-order chi connectivity index (χ1) is 7.74. The number of fused-ring (bicyclic) bond motifs is 1. The van der Waals surface area contributed by atoms with Crippen molar-refractivity contribution in [2.75, 3.05) is 16.8 Å². The number of rotatable bonds is 4. The van der Waals surface area contributed by atoms with Gasteiger partial charge in [-0.05, 0) is 25.3 Å². The van der Waals surface area contributed by atoms with Crippen molar-refractivity contribution < 1.29 is 0 Å². The maximum absolute atomic E-state index is 4.42. The Labute approximate surface area is 108 Å². The van der Waals surface area contributed by atoms with Gasteiger partial charge >= 0.3 is 0 Å². The summed E-state index contributed by atoms with van der Waals surface area (Å²) >= 11 is 5.19. The van der Waals surface area contributed by atoms with Crippen molar-refractivity contribution >= 4 is 43.3 Å². The summed E-state index contributed by atoms with van der Waals surface area (Å²) in [6.45, 7) is 5.33. The summed E-state index contributed by atoms with van der Waals surface area (Å²) < 4.78 is 1.18. The molecule has 0 radical (unpaired) electrons. The number of hydrogen-bond donors (Lipinski definition) is 0. The van der Waals surface area contributed by atoms with E-state index in [1.54, 1.807) is 17.7 Å². The van der Waals surface area contributed by atoms with Gasteiger partial charge in [-0.3, -0.25) is 0 Å². The number of halogens is 1. The van der Waals surface area contributed by atoms with Crippen LogP contribution in [-0.2, 0) is 0 Å². The minimum atomic E-state index is 0.442. The molecule has 0 spiro atoms. The Kier molecular flexibility index (Phi) is 3.76. The third-order valence-corrected chi connectivity index (χ3v) is 3.70. The van der Waals surface area contributed by atoms with Crippen LogP contribution in [0.4, 0.5) is 5.82 Å². The lowest BCUT2D eigenvalue weighted by Crippen LogP contribution is -2.33. The SMILES string of the molecule is CC(C)N(CCBr)c1ncnc2ccsc12. The fourth-order valence-electron chi connectivity index (χ4n) is 1.68. The van der Waals surface area contributed by atoms with Crippen molar-refractivity contribution in [1.29, 1.82) is 0 Å². The summed E-state index contributed by atoms with van der Waals surface area (Å²) in [5.41, 5.74) is 1.04. The Bertz CT molecular complexity index is 469. The molecular weight excluding hydrogens is 286 g/mol. The molecule has 2 heterocycles. The van der Waals surface area contributed by atoms with Crippen molar-refractivity contribution in [3.05, 3.63) is 17.8 Å². The van der Waals surface area contributed by atoms with Crippen LogP contribution in [0.2, 0.25) is 0 Å². The monoisotopic (exact) mass is 299 g/mol. The lowest BCUT2D eigenvalue weighted by molar-refractivity contribution is 0.700. The molecule has 0 bridgehead atoms. The number of alkyl halides is 1. The Morgan fingerprint density at radius 1 is 1.44 bits per heavy atom. The van der Waals surface area contributed by atoms with Crippen LogP contribution in [0.15, 0.2) is 17.8 Å². The molecule has 2 rings (SSSR count). The van der Waals surface area contributed by atoms with Crippen molar-refractivity contribution in [3.8, 4) is 0 Å². The van der Waals surface area contributed by atoms with E-state index >= 15 is 0 Å². The van der Waals surface area contributed by atoms with Gasteiger partial charge in [-0.25, -0.2) is 9.97 Å². The van der Waals surface area contributed by atoms with Gasteiger partial charge in [-0.2, -0.15) is 0 Å². The first-order valence-corrected chi connectivity index (χ1v) is 7.25. The number of hydrogen-bond acceptors (Lipinski definition) is 4. The Hall–Kier alpha value is -0.680. The topological polar surface area (TPSA) is 29.0 Å². The molecule has 86 valence electrons. The number of anilines is 1. The molecule has 0 unspecified atom stereocenters. The lowest BCUT2D eigenvalue weighted by atomic mass is 10.3. The van der Waals surface area contributed by atoms with E-state index < -0.39 is 0 Å². The fourth-order valence-corrected chi connectivity index (χ4v) is 2.91. The maximum atomic E-state index is 4.42. The predicted octanol–water partition coefficient (Wildman–Crippen LogP) is 3.30. The van der Waals surface area contributed by atoms with Crippen molar-refractivity contribution in [2.45, 2.75) is 19.9 Å². The first kappa shape index (κ1) is 11.8. The van der Waals surface area contributed by atoms with E-state index in [-0.39, 0.29) is 0 Å². The van der Waals surface area contributed by atoms with Crippen molar-refractivity contribution in [1.82, 2.24) is 9.97 Å². The van der Waals surface area contributed by atoms with Gasteiger partial charge in [0.25, 0.3) is 0 Å². The maximum Gasteiger partial charge on any atom is 0.150 e. The summed E-state index contributed by atoms with van der Waals surface area (Å²) in [5, 5.41) is 3.01. The molecule has 0 aliphatic rings. The largest absolute Gasteiger partial charge is 0.352 e. The quantitative estimate of drug-likeness (QED) is 0.811. The van der Waals surface area contributed by atoms with E-state index in [2.05, 4.69) is 50.0 Å². The smallest absolute Gasteiger partial charge is 0.150 e. The highest BCUT2D eigenvalue weighted by molar-refractivity contribution is 9.09. The summed E-state index contributed by atoms with van der Waals surface area (Å²) in [6.07, 6.45) is 1.65. The third kappa shape index (κ3) is 2.20. The second kappa shape index (κ2) is 5.10. The zero-order valence-corrected chi connectivity index (χ0v) is 11.8. The average molecular weight is 300 g/mol. The van der Waals surface area contributed by atoms with Crippen LogP contribution in [0.3, 0.4) is 0 Å². The van der Waals surface area contributed by atoms with E-state index in [1.807, 2.05) is 6.07 Å². The second-order valence-electron chi connectivity index (χ2n) is 3.81. The highest BCUT2D eigenvalue weighted by Crippen LogP contribution is 2.28. The number of thiophene rings is 1. The van der Waals surface area contributed by atoms with Gasteiger partial charge in [-0.1, -0.05) is 15.9 Å². The van der Waals surface area contributed by atoms with Gasteiger partial charge in [0.1, 0.15) is 12.1 Å². The molecular formula is C11H14BrN3S. The molecule has 0 atom stereocenters. The van der Waals surface area contributed by atoms with E-state index in [1.165, 1.54) is 4.70 Å². The van der Waals surface area contributed by atoms with Crippen LogP contribution in [0, 0.1) is 0 Å². The zero-order valence-electron chi connectivity index (χ0n) is 9.35. The van der Waals surface area contributed by atoms with Gasteiger partial charge in [-0.15, -0.1) is 11.3 Å². The van der Waals surface area contributed by atoms with Gasteiger partial charge < -0.3 is 4.90 Å². The van der Waals surface area contributed by atoms with Gasteiger partial charge in [0, 0.05) is 17.9 Å². The number of nitrogens with zero attached hydrogens (tertiary/aromatic N) is 3. The second-order valence-corrected chi connectivity index (χ2v) is 5.52. The normalized spacial score (nSPS) is 11.2. The first-order valence-electron chi connectivity index (χ1n) is 5.25. The molecule has 0 aliphatic carbocycles.